The summed E-state index contributed by atoms with van der Waals surface area (Å²) in [6.07, 6.45) is 10.9. The Bertz CT molecular complexity index is 1290. The summed E-state index contributed by atoms with van der Waals surface area (Å²) in [4.78, 5) is 48.9. The van der Waals surface area contributed by atoms with Crippen LogP contribution in [0.15, 0.2) is 12.2 Å². The van der Waals surface area contributed by atoms with Crippen LogP contribution in [0.25, 0.3) is 0 Å². The number of carbonyl (C=O) groups excluding carboxylic acids is 4. The van der Waals surface area contributed by atoms with E-state index in [1.165, 1.54) is 32.6 Å². The number of carbonyl (C=O) groups is 4. The maximum absolute atomic E-state index is 12.8. The van der Waals surface area contributed by atoms with Crippen molar-refractivity contribution in [3.05, 3.63) is 12.2 Å². The van der Waals surface area contributed by atoms with E-state index in [1.807, 2.05) is 0 Å². The first-order valence-corrected chi connectivity index (χ1v) is 18.6. The summed E-state index contributed by atoms with van der Waals surface area (Å²) in [6.45, 7) is 19.5. The van der Waals surface area contributed by atoms with Gasteiger partial charge in [0.1, 0.15) is 6.10 Å². The predicted octanol–water partition coefficient (Wildman–Crippen LogP) is 8.01. The third kappa shape index (κ3) is 6.03. The minimum atomic E-state index is -0.387. The molecule has 8 nitrogen and oxygen atoms in total. The summed E-state index contributed by atoms with van der Waals surface area (Å²) in [5.74, 6) is 1.02. The third-order valence-corrected chi connectivity index (χ3v) is 15.5. The normalized spacial score (nSPS) is 41.0. The van der Waals surface area contributed by atoms with Crippen LogP contribution < -0.4 is 0 Å². The molecule has 0 unspecified atom stereocenters. The maximum atomic E-state index is 12.8. The molecule has 5 saturated carbocycles. The Hall–Kier alpha value is -2.38. The fourth-order valence-electron chi connectivity index (χ4n) is 12.8. The lowest BCUT2D eigenvalue weighted by Gasteiger charge is -2.73. The molecule has 0 N–H and O–H groups in total. The minimum absolute atomic E-state index is 0.0448. The van der Waals surface area contributed by atoms with Gasteiger partial charge in [-0.15, -0.1) is 0 Å². The number of ether oxygens (including phenoxy) is 4. The van der Waals surface area contributed by atoms with Crippen molar-refractivity contribution in [2.24, 2.45) is 56.7 Å². The quantitative estimate of drug-likeness (QED) is 0.131. The average Bonchev–Trinajstić information content (AvgIpc) is 3.43. The van der Waals surface area contributed by atoms with E-state index < -0.39 is 0 Å². The van der Waals surface area contributed by atoms with Crippen molar-refractivity contribution in [2.45, 2.75) is 138 Å². The Kier molecular flexibility index (Phi) is 10.3. The lowest BCUT2D eigenvalue weighted by molar-refractivity contribution is -0.252. The first kappa shape index (κ1) is 36.9. The number of esters is 4. The van der Waals surface area contributed by atoms with Gasteiger partial charge in [0, 0.05) is 10.8 Å². The van der Waals surface area contributed by atoms with Crippen molar-refractivity contribution < 1.29 is 38.1 Å². The summed E-state index contributed by atoms with van der Waals surface area (Å²) in [6, 6.07) is 0. The van der Waals surface area contributed by atoms with E-state index in [1.54, 1.807) is 0 Å². The number of rotatable bonds is 10. The fraction of sp³-hybridized carbons (Fsp3) is 0.850. The molecule has 0 bridgehead atoms. The number of hydrogen-bond acceptors (Lipinski definition) is 8. The van der Waals surface area contributed by atoms with Crippen LogP contribution in [0.1, 0.15) is 131 Å². The lowest BCUT2D eigenvalue weighted by atomic mass is 9.32. The number of methoxy groups -OCH3 is 2. The van der Waals surface area contributed by atoms with Crippen LogP contribution in [0.5, 0.6) is 0 Å². The molecule has 8 heteroatoms. The van der Waals surface area contributed by atoms with Crippen molar-refractivity contribution >= 4 is 23.9 Å². The first-order valence-electron chi connectivity index (χ1n) is 18.6. The van der Waals surface area contributed by atoms with Gasteiger partial charge in [0.05, 0.1) is 46.5 Å². The minimum Gasteiger partial charge on any atom is -0.469 e. The molecule has 5 rings (SSSR count). The van der Waals surface area contributed by atoms with E-state index in [4.69, 9.17) is 18.9 Å². The van der Waals surface area contributed by atoms with E-state index >= 15 is 0 Å². The van der Waals surface area contributed by atoms with Gasteiger partial charge < -0.3 is 18.9 Å². The van der Waals surface area contributed by atoms with E-state index in [-0.39, 0.29) is 82.7 Å². The van der Waals surface area contributed by atoms with Crippen LogP contribution in [0.2, 0.25) is 0 Å². The summed E-state index contributed by atoms with van der Waals surface area (Å²) in [5.41, 5.74) is 1.53. The van der Waals surface area contributed by atoms with Gasteiger partial charge in [-0.3, -0.25) is 19.2 Å². The first-order chi connectivity index (χ1) is 22.5. The molecule has 0 saturated heterocycles. The van der Waals surface area contributed by atoms with Gasteiger partial charge in [-0.1, -0.05) is 46.8 Å². The number of hydrogen-bond donors (Lipinski definition) is 0. The zero-order valence-corrected chi connectivity index (χ0v) is 31.0. The van der Waals surface area contributed by atoms with Crippen molar-refractivity contribution in [3.8, 4) is 0 Å². The molecule has 5 aliphatic rings. The van der Waals surface area contributed by atoms with E-state index in [2.05, 4.69) is 48.1 Å². The highest BCUT2D eigenvalue weighted by Crippen LogP contribution is 2.77. The van der Waals surface area contributed by atoms with Crippen LogP contribution in [0.4, 0.5) is 0 Å². The molecule has 0 heterocycles. The van der Waals surface area contributed by atoms with Gasteiger partial charge in [0.2, 0.25) is 0 Å². The fourth-order valence-corrected chi connectivity index (χ4v) is 12.8. The topological polar surface area (TPSA) is 105 Å². The van der Waals surface area contributed by atoms with Gasteiger partial charge in [-0.2, -0.15) is 0 Å². The predicted molar refractivity (Wildman–Crippen MR) is 182 cm³/mol. The standard InChI is InChI=1S/C40H62O8/c1-25(2)26-16-21-40(24-47-33(43)14-12-31(41)45-8)23-22-38(6)27(35(26)40)10-11-29-37(5)19-18-30(48-34(44)15-13-32(42)46-9)36(3,4)28(37)17-20-39(29,38)7/h26-30,35H,1,10-24H2,2-9H3/t26-,27+,28-,29-,30-,35-,37-,38+,39+,40-/m0/s1. The highest BCUT2D eigenvalue weighted by atomic mass is 16.5. The molecule has 5 aliphatic carbocycles. The van der Waals surface area contributed by atoms with Gasteiger partial charge in [0.15, 0.2) is 0 Å². The summed E-state index contributed by atoms with van der Waals surface area (Å²) in [5, 5.41) is 0. The molecule has 48 heavy (non-hydrogen) atoms. The summed E-state index contributed by atoms with van der Waals surface area (Å²) >= 11 is 0. The van der Waals surface area contributed by atoms with Crippen molar-refractivity contribution in [2.75, 3.05) is 20.8 Å². The molecule has 0 aromatic heterocycles. The molecule has 0 aromatic carbocycles. The Morgan fingerprint density at radius 1 is 0.667 bits per heavy atom. The highest BCUT2D eigenvalue weighted by Gasteiger charge is 2.71. The maximum Gasteiger partial charge on any atom is 0.306 e. The van der Waals surface area contributed by atoms with E-state index in [0.29, 0.717) is 36.2 Å². The number of fused-ring (bicyclic) bond motifs is 7. The molecule has 270 valence electrons. The number of allylic oxidation sites excluding steroid dienone is 1. The second-order valence-corrected chi connectivity index (χ2v) is 17.7. The largest absolute Gasteiger partial charge is 0.469 e. The van der Waals surface area contributed by atoms with Gasteiger partial charge >= 0.3 is 23.9 Å². The zero-order chi connectivity index (χ0) is 35.3. The van der Waals surface area contributed by atoms with Gasteiger partial charge in [-0.05, 0) is 117 Å². The molecule has 0 amide bonds. The van der Waals surface area contributed by atoms with Crippen LogP contribution in [-0.2, 0) is 38.1 Å². The lowest BCUT2D eigenvalue weighted by Crippen LogP contribution is -2.67. The zero-order valence-electron chi connectivity index (χ0n) is 31.0. The smallest absolute Gasteiger partial charge is 0.306 e. The second-order valence-electron chi connectivity index (χ2n) is 17.7. The Morgan fingerprint density at radius 2 is 1.29 bits per heavy atom. The average molecular weight is 671 g/mol. The Labute approximate surface area is 288 Å². The molecule has 0 aliphatic heterocycles. The summed E-state index contributed by atoms with van der Waals surface area (Å²) < 4.78 is 21.6. The van der Waals surface area contributed by atoms with Crippen LogP contribution in [0.3, 0.4) is 0 Å². The second kappa shape index (κ2) is 13.4. The van der Waals surface area contributed by atoms with Crippen LogP contribution in [0, 0.1) is 56.7 Å². The SMILES string of the molecule is C=C(C)[C@@H]1CC[C@@]2(COC(=O)CCC(=O)OC)CC[C@]3(C)[C@H](CC[C@H]4[C@@]5(C)CC[C@H](OC(=O)CCC(=O)OC)C(C)(C)[C@@H]5CC[C@]43C)[C@H]12. The molecular formula is C40H62O8. The molecule has 10 atom stereocenters. The van der Waals surface area contributed by atoms with Crippen LogP contribution >= 0.6 is 0 Å². The van der Waals surface area contributed by atoms with Crippen molar-refractivity contribution in [1.82, 2.24) is 0 Å². The van der Waals surface area contributed by atoms with E-state index in [0.717, 1.165) is 51.4 Å². The Morgan fingerprint density at radius 3 is 1.92 bits per heavy atom. The van der Waals surface area contributed by atoms with Gasteiger partial charge in [-0.25, -0.2) is 0 Å². The third-order valence-electron chi connectivity index (χ3n) is 15.5. The van der Waals surface area contributed by atoms with Crippen molar-refractivity contribution in [3.63, 3.8) is 0 Å². The molecule has 0 aromatic rings. The Balaban J connectivity index is 1.36. The molecule has 0 radical (unpaired) electrons. The molecule has 0 spiro atoms. The van der Waals surface area contributed by atoms with E-state index in [9.17, 15) is 19.2 Å². The molecular weight excluding hydrogens is 608 g/mol. The molecule has 5 fully saturated rings. The highest BCUT2D eigenvalue weighted by molar-refractivity contribution is 5.78. The van der Waals surface area contributed by atoms with Gasteiger partial charge in [0.25, 0.3) is 0 Å². The monoisotopic (exact) mass is 670 g/mol. The van der Waals surface area contributed by atoms with Crippen molar-refractivity contribution in [1.29, 1.82) is 0 Å². The van der Waals surface area contributed by atoms with Crippen LogP contribution in [-0.4, -0.2) is 50.8 Å². The summed E-state index contributed by atoms with van der Waals surface area (Å²) in [7, 11) is 2.68.